The maximum Gasteiger partial charge on any atom is 0.244 e. The van der Waals surface area contributed by atoms with Crippen molar-refractivity contribution in [2.75, 3.05) is 26.2 Å². The van der Waals surface area contributed by atoms with Crippen molar-refractivity contribution < 1.29 is 16.8 Å². The number of sulfonamides is 2. The quantitative estimate of drug-likeness (QED) is 0.698. The lowest BCUT2D eigenvalue weighted by Crippen LogP contribution is -2.50. The van der Waals surface area contributed by atoms with Gasteiger partial charge in [0.15, 0.2) is 0 Å². The second kappa shape index (κ2) is 7.93. The highest BCUT2D eigenvalue weighted by Gasteiger charge is 2.35. The van der Waals surface area contributed by atoms with E-state index in [9.17, 15) is 16.8 Å². The zero-order valence-corrected chi connectivity index (χ0v) is 18.5. The minimum atomic E-state index is -3.87. The minimum Gasteiger partial charge on any atom is -0.207 e. The number of nitrogens with zero attached hydrogens (tertiary/aromatic N) is 2. The third-order valence-electron chi connectivity index (χ3n) is 4.68. The molecular formula is C18H20Cl2N2O4S2. The highest BCUT2D eigenvalue weighted by molar-refractivity contribution is 7.89. The monoisotopic (exact) mass is 462 g/mol. The molecule has 1 heterocycles. The molecule has 0 aromatic heterocycles. The van der Waals surface area contributed by atoms with Crippen LogP contribution in [0.25, 0.3) is 0 Å². The molecule has 2 aromatic rings. The molecule has 10 heteroatoms. The zero-order chi connectivity index (χ0) is 20.7. The van der Waals surface area contributed by atoms with Gasteiger partial charge in [0.05, 0.1) is 14.9 Å². The van der Waals surface area contributed by atoms with Crippen molar-refractivity contribution in [2.45, 2.75) is 23.6 Å². The molecule has 3 rings (SSSR count). The third-order valence-corrected chi connectivity index (χ3v) is 9.61. The normalized spacial score (nSPS) is 17.0. The summed E-state index contributed by atoms with van der Waals surface area (Å²) in [6.07, 6.45) is 0. The van der Waals surface area contributed by atoms with E-state index in [1.165, 1.54) is 26.8 Å². The van der Waals surface area contributed by atoms with Gasteiger partial charge >= 0.3 is 0 Å². The second-order valence-electron chi connectivity index (χ2n) is 6.63. The van der Waals surface area contributed by atoms with Crippen LogP contribution in [0.5, 0.6) is 0 Å². The smallest absolute Gasteiger partial charge is 0.207 e. The summed E-state index contributed by atoms with van der Waals surface area (Å²) in [5.74, 6) is 0. The highest BCUT2D eigenvalue weighted by atomic mass is 35.5. The Balaban J connectivity index is 1.81. The Kier molecular flexibility index (Phi) is 6.10. The van der Waals surface area contributed by atoms with E-state index in [4.69, 9.17) is 23.2 Å². The molecule has 0 N–H and O–H groups in total. The summed E-state index contributed by atoms with van der Waals surface area (Å²) in [4.78, 5) is 0.166. The van der Waals surface area contributed by atoms with Gasteiger partial charge in [0.25, 0.3) is 0 Å². The lowest BCUT2D eigenvalue weighted by atomic mass is 10.2. The van der Waals surface area contributed by atoms with Crippen molar-refractivity contribution in [1.29, 1.82) is 0 Å². The topological polar surface area (TPSA) is 74.8 Å². The van der Waals surface area contributed by atoms with Crippen molar-refractivity contribution in [1.82, 2.24) is 8.61 Å². The van der Waals surface area contributed by atoms with Gasteiger partial charge in [-0.1, -0.05) is 47.0 Å². The lowest BCUT2D eigenvalue weighted by molar-refractivity contribution is 0.272. The Labute approximate surface area is 175 Å². The molecule has 2 aromatic carbocycles. The van der Waals surface area contributed by atoms with Gasteiger partial charge in [0, 0.05) is 26.2 Å². The van der Waals surface area contributed by atoms with Crippen molar-refractivity contribution in [2.24, 2.45) is 0 Å². The zero-order valence-electron chi connectivity index (χ0n) is 15.4. The summed E-state index contributed by atoms with van der Waals surface area (Å²) < 4.78 is 54.3. The maximum absolute atomic E-state index is 13.0. The molecule has 0 aliphatic carbocycles. The summed E-state index contributed by atoms with van der Waals surface area (Å²) in [6.45, 7) is 3.85. The highest BCUT2D eigenvalue weighted by Crippen LogP contribution is 2.32. The molecule has 0 radical (unpaired) electrons. The van der Waals surface area contributed by atoms with E-state index in [0.717, 1.165) is 5.56 Å². The fourth-order valence-electron chi connectivity index (χ4n) is 3.20. The number of aryl methyl sites for hydroxylation is 2. The molecule has 0 atom stereocenters. The first kappa shape index (κ1) is 21.5. The molecule has 28 heavy (non-hydrogen) atoms. The van der Waals surface area contributed by atoms with Gasteiger partial charge < -0.3 is 0 Å². The molecule has 0 unspecified atom stereocenters. The van der Waals surface area contributed by atoms with Crippen LogP contribution in [0, 0.1) is 13.8 Å². The Bertz CT molecular complexity index is 1110. The molecule has 0 spiro atoms. The van der Waals surface area contributed by atoms with E-state index in [1.54, 1.807) is 19.1 Å². The van der Waals surface area contributed by atoms with Crippen molar-refractivity contribution in [3.63, 3.8) is 0 Å². The van der Waals surface area contributed by atoms with E-state index in [1.807, 2.05) is 13.0 Å². The number of halogens is 2. The first-order valence-electron chi connectivity index (χ1n) is 8.56. The van der Waals surface area contributed by atoms with Gasteiger partial charge in [0.1, 0.15) is 4.90 Å². The summed E-state index contributed by atoms with van der Waals surface area (Å²) in [6, 6.07) is 9.58. The van der Waals surface area contributed by atoms with Crippen LogP contribution in [0.15, 0.2) is 46.2 Å². The number of benzene rings is 2. The molecule has 152 valence electrons. The summed E-state index contributed by atoms with van der Waals surface area (Å²) in [5, 5.41) is 0.119. The predicted octanol–water partition coefficient (Wildman–Crippen LogP) is 3.31. The fourth-order valence-corrected chi connectivity index (χ4v) is 6.99. The van der Waals surface area contributed by atoms with E-state index in [2.05, 4.69) is 0 Å². The fraction of sp³-hybridized carbons (Fsp3) is 0.333. The van der Waals surface area contributed by atoms with Crippen LogP contribution in [0.3, 0.4) is 0 Å². The van der Waals surface area contributed by atoms with Gasteiger partial charge in [-0.3, -0.25) is 0 Å². The molecule has 0 bridgehead atoms. The first-order chi connectivity index (χ1) is 13.0. The number of piperazine rings is 1. The van der Waals surface area contributed by atoms with E-state index >= 15 is 0 Å². The van der Waals surface area contributed by atoms with Crippen molar-refractivity contribution in [3.8, 4) is 0 Å². The molecule has 1 aliphatic rings. The predicted molar refractivity (Wildman–Crippen MR) is 110 cm³/mol. The Morgan fingerprint density at radius 1 is 0.786 bits per heavy atom. The average Bonchev–Trinajstić information content (AvgIpc) is 2.63. The maximum atomic E-state index is 13.0. The first-order valence-corrected chi connectivity index (χ1v) is 12.2. The largest absolute Gasteiger partial charge is 0.244 e. The average molecular weight is 463 g/mol. The molecule has 1 saturated heterocycles. The van der Waals surface area contributed by atoms with Gasteiger partial charge in [-0.05, 0) is 37.6 Å². The van der Waals surface area contributed by atoms with Crippen LogP contribution in [0.2, 0.25) is 10.0 Å². The van der Waals surface area contributed by atoms with Crippen LogP contribution in [-0.4, -0.2) is 51.6 Å². The summed E-state index contributed by atoms with van der Waals surface area (Å²) >= 11 is 12.0. The molecule has 1 aliphatic heterocycles. The number of hydrogen-bond acceptors (Lipinski definition) is 4. The second-order valence-corrected chi connectivity index (χ2v) is 11.2. The van der Waals surface area contributed by atoms with E-state index in [0.29, 0.717) is 5.56 Å². The molecule has 0 saturated carbocycles. The van der Waals surface area contributed by atoms with E-state index < -0.39 is 20.0 Å². The van der Waals surface area contributed by atoms with E-state index in [-0.39, 0.29) is 46.0 Å². The lowest BCUT2D eigenvalue weighted by Gasteiger charge is -2.33. The molecular weight excluding hydrogens is 443 g/mol. The standard InChI is InChI=1S/C18H20Cl2N2O4S2/c1-13-6-7-16(14(2)12-13)27(23,24)21-8-10-22(11-9-21)28(25,26)17-5-3-4-15(19)18(17)20/h3-7,12H,8-11H2,1-2H3. The Hall–Kier alpha value is -1.16. The Morgan fingerprint density at radius 3 is 1.86 bits per heavy atom. The summed E-state index contributed by atoms with van der Waals surface area (Å²) in [5.41, 5.74) is 1.64. The molecule has 6 nitrogen and oxygen atoms in total. The van der Waals surface area contributed by atoms with Gasteiger partial charge in [-0.15, -0.1) is 0 Å². The van der Waals surface area contributed by atoms with Crippen LogP contribution in [0.1, 0.15) is 11.1 Å². The minimum absolute atomic E-state index is 0.0329. The van der Waals surface area contributed by atoms with Gasteiger partial charge in [-0.2, -0.15) is 8.61 Å². The molecule has 0 amide bonds. The number of hydrogen-bond donors (Lipinski definition) is 0. The van der Waals surface area contributed by atoms with Crippen LogP contribution < -0.4 is 0 Å². The van der Waals surface area contributed by atoms with Gasteiger partial charge in [0.2, 0.25) is 20.0 Å². The third kappa shape index (κ3) is 3.94. The SMILES string of the molecule is Cc1ccc(S(=O)(=O)N2CCN(S(=O)(=O)c3cccc(Cl)c3Cl)CC2)c(C)c1. The van der Waals surface area contributed by atoms with Gasteiger partial charge in [-0.25, -0.2) is 16.8 Å². The van der Waals surface area contributed by atoms with Crippen molar-refractivity contribution in [3.05, 3.63) is 57.6 Å². The molecule has 1 fully saturated rings. The van der Waals surface area contributed by atoms with Crippen molar-refractivity contribution >= 4 is 43.2 Å². The van der Waals surface area contributed by atoms with Crippen LogP contribution >= 0.6 is 23.2 Å². The van der Waals surface area contributed by atoms with Crippen LogP contribution in [-0.2, 0) is 20.0 Å². The van der Waals surface area contributed by atoms with Crippen LogP contribution in [0.4, 0.5) is 0 Å². The number of rotatable bonds is 4. The summed E-state index contributed by atoms with van der Waals surface area (Å²) in [7, 11) is -7.56. The Morgan fingerprint density at radius 2 is 1.32 bits per heavy atom.